The van der Waals surface area contributed by atoms with Gasteiger partial charge in [0.2, 0.25) is 11.8 Å². The number of hydrogen-bond acceptors (Lipinski definition) is 3. The molecule has 1 aromatic rings. The molecule has 1 aliphatic carbocycles. The van der Waals surface area contributed by atoms with Gasteiger partial charge < -0.3 is 4.74 Å². The van der Waals surface area contributed by atoms with Crippen LogP contribution in [0.25, 0.3) is 0 Å². The molecular formula is C15H16BrNO3. The van der Waals surface area contributed by atoms with E-state index in [-0.39, 0.29) is 29.3 Å². The number of ether oxygens (including phenoxy) is 1. The minimum Gasteiger partial charge on any atom is -0.381 e. The largest absolute Gasteiger partial charge is 0.381 e. The van der Waals surface area contributed by atoms with Crippen LogP contribution in [-0.2, 0) is 14.3 Å². The molecule has 2 aliphatic rings. The zero-order valence-electron chi connectivity index (χ0n) is 11.2. The van der Waals surface area contributed by atoms with Crippen LogP contribution >= 0.6 is 15.9 Å². The first-order valence-corrected chi connectivity index (χ1v) is 7.45. The number of benzene rings is 1. The highest BCUT2D eigenvalue weighted by atomic mass is 79.9. The van der Waals surface area contributed by atoms with Crippen molar-refractivity contribution in [3.05, 3.63) is 34.3 Å². The highest BCUT2D eigenvalue weighted by Crippen LogP contribution is 2.56. The van der Waals surface area contributed by atoms with E-state index in [1.807, 2.05) is 24.3 Å². The third kappa shape index (κ3) is 2.19. The maximum absolute atomic E-state index is 12.3. The Kier molecular flexibility index (Phi) is 3.42. The van der Waals surface area contributed by atoms with Crippen LogP contribution in [0.4, 0.5) is 0 Å². The second-order valence-corrected chi connectivity index (χ2v) is 6.62. The van der Waals surface area contributed by atoms with Gasteiger partial charge in [-0.15, -0.1) is 0 Å². The van der Waals surface area contributed by atoms with Crippen LogP contribution in [0.5, 0.6) is 0 Å². The Hall–Kier alpha value is -1.20. The highest BCUT2D eigenvalue weighted by molar-refractivity contribution is 9.10. The van der Waals surface area contributed by atoms with Gasteiger partial charge in [0, 0.05) is 18.0 Å². The van der Waals surface area contributed by atoms with Crippen molar-refractivity contribution >= 4 is 27.7 Å². The number of carbonyl (C=O) groups excluding carboxylic acids is 2. The monoisotopic (exact) mass is 337 g/mol. The number of halogens is 1. The second-order valence-electron chi connectivity index (χ2n) is 5.71. The number of rotatable bonds is 2. The molecule has 5 heteroatoms. The molecule has 20 heavy (non-hydrogen) atoms. The Morgan fingerprint density at radius 3 is 2.75 bits per heavy atom. The average molecular weight is 338 g/mol. The van der Waals surface area contributed by atoms with Crippen LogP contribution in [0.3, 0.4) is 0 Å². The van der Waals surface area contributed by atoms with Crippen molar-refractivity contribution in [3.8, 4) is 0 Å². The lowest BCUT2D eigenvalue weighted by molar-refractivity contribution is -0.151. The summed E-state index contributed by atoms with van der Waals surface area (Å²) in [6.07, 6.45) is 2.08. The van der Waals surface area contributed by atoms with E-state index in [2.05, 4.69) is 21.2 Å². The molecule has 1 saturated heterocycles. The van der Waals surface area contributed by atoms with E-state index >= 15 is 0 Å². The van der Waals surface area contributed by atoms with Crippen molar-refractivity contribution in [3.63, 3.8) is 0 Å². The van der Waals surface area contributed by atoms with Gasteiger partial charge in [0.15, 0.2) is 0 Å². The number of nitrogens with one attached hydrogen (secondary N) is 1. The normalized spacial score (nSPS) is 32.9. The number of methoxy groups -OCH3 is 1. The van der Waals surface area contributed by atoms with Crippen molar-refractivity contribution in [2.24, 2.45) is 5.41 Å². The zero-order chi connectivity index (χ0) is 14.3. The molecule has 1 saturated carbocycles. The molecule has 4 nitrogen and oxygen atoms in total. The summed E-state index contributed by atoms with van der Waals surface area (Å²) in [5, 5.41) is 2.47. The van der Waals surface area contributed by atoms with Gasteiger partial charge in [-0.3, -0.25) is 14.9 Å². The summed E-state index contributed by atoms with van der Waals surface area (Å²) >= 11 is 3.44. The van der Waals surface area contributed by atoms with Crippen LogP contribution < -0.4 is 5.32 Å². The van der Waals surface area contributed by atoms with Gasteiger partial charge in [-0.2, -0.15) is 0 Å². The first-order valence-electron chi connectivity index (χ1n) is 6.66. The maximum atomic E-state index is 12.3. The molecule has 106 valence electrons. The molecule has 0 aromatic heterocycles. The van der Waals surface area contributed by atoms with Crippen LogP contribution in [0.2, 0.25) is 0 Å². The number of imide groups is 1. The molecule has 2 amide bonds. The van der Waals surface area contributed by atoms with Crippen molar-refractivity contribution in [2.75, 3.05) is 7.11 Å². The molecule has 0 radical (unpaired) electrons. The Labute approximate surface area is 126 Å². The highest BCUT2D eigenvalue weighted by Gasteiger charge is 2.56. The van der Waals surface area contributed by atoms with Crippen molar-refractivity contribution in [2.45, 2.75) is 31.3 Å². The van der Waals surface area contributed by atoms with E-state index in [0.717, 1.165) is 22.9 Å². The molecule has 1 unspecified atom stereocenters. The summed E-state index contributed by atoms with van der Waals surface area (Å²) in [7, 11) is 1.68. The lowest BCUT2D eigenvalue weighted by Crippen LogP contribution is -2.57. The number of carbonyl (C=O) groups is 2. The van der Waals surface area contributed by atoms with Gasteiger partial charge >= 0.3 is 0 Å². The van der Waals surface area contributed by atoms with Gasteiger partial charge in [0.05, 0.1) is 12.0 Å². The summed E-state index contributed by atoms with van der Waals surface area (Å²) in [6.45, 7) is 0. The van der Waals surface area contributed by atoms with Crippen molar-refractivity contribution in [1.82, 2.24) is 5.32 Å². The third-order valence-corrected chi connectivity index (χ3v) is 4.93. The molecule has 0 bridgehead atoms. The summed E-state index contributed by atoms with van der Waals surface area (Å²) in [4.78, 5) is 24.1. The first-order chi connectivity index (χ1) is 9.54. The van der Waals surface area contributed by atoms with Gasteiger partial charge in [0.1, 0.15) is 0 Å². The Morgan fingerprint density at radius 1 is 1.35 bits per heavy atom. The molecule has 1 spiro atoms. The SMILES string of the molecule is COC1CC2(CC(=O)NC(=O)C2c2cccc(Br)c2)C1. The smallest absolute Gasteiger partial charge is 0.234 e. The summed E-state index contributed by atoms with van der Waals surface area (Å²) in [5.41, 5.74) is 0.680. The lowest BCUT2D eigenvalue weighted by atomic mass is 9.54. The number of piperidine rings is 1. The third-order valence-electron chi connectivity index (χ3n) is 4.43. The molecule has 1 aromatic carbocycles. The fourth-order valence-electron chi connectivity index (χ4n) is 3.54. The molecular weight excluding hydrogens is 322 g/mol. The van der Waals surface area contributed by atoms with Crippen LogP contribution in [-0.4, -0.2) is 25.0 Å². The van der Waals surface area contributed by atoms with E-state index in [9.17, 15) is 9.59 Å². The minimum absolute atomic E-state index is 0.156. The van der Waals surface area contributed by atoms with Gasteiger partial charge in [-0.25, -0.2) is 0 Å². The molecule has 2 fully saturated rings. The van der Waals surface area contributed by atoms with Crippen LogP contribution in [0.1, 0.15) is 30.7 Å². The van der Waals surface area contributed by atoms with Gasteiger partial charge in [-0.05, 0) is 36.0 Å². The number of hydrogen-bond donors (Lipinski definition) is 1. The minimum atomic E-state index is -0.277. The predicted molar refractivity (Wildman–Crippen MR) is 77.1 cm³/mol. The van der Waals surface area contributed by atoms with Gasteiger partial charge in [-0.1, -0.05) is 28.1 Å². The maximum Gasteiger partial charge on any atom is 0.234 e. The first kappa shape index (κ1) is 13.8. The molecule has 1 heterocycles. The fourth-order valence-corrected chi connectivity index (χ4v) is 3.96. The summed E-state index contributed by atoms with van der Waals surface area (Å²) in [6, 6.07) is 7.76. The van der Waals surface area contributed by atoms with Crippen molar-refractivity contribution in [1.29, 1.82) is 0 Å². The van der Waals surface area contributed by atoms with E-state index < -0.39 is 0 Å². The Morgan fingerprint density at radius 2 is 2.10 bits per heavy atom. The van der Waals surface area contributed by atoms with E-state index in [1.165, 1.54) is 0 Å². The lowest BCUT2D eigenvalue weighted by Gasteiger charge is -2.52. The Bertz CT molecular complexity index is 566. The second kappa shape index (κ2) is 4.97. The average Bonchev–Trinajstić information content (AvgIpc) is 2.34. The quantitative estimate of drug-likeness (QED) is 0.843. The molecule has 3 rings (SSSR count). The topological polar surface area (TPSA) is 55.4 Å². The fraction of sp³-hybridized carbons (Fsp3) is 0.467. The molecule has 1 atom stereocenters. The zero-order valence-corrected chi connectivity index (χ0v) is 12.8. The molecule has 1 N–H and O–H groups in total. The number of amides is 2. The standard InChI is InChI=1S/C15H16BrNO3/c1-20-11-6-15(7-11)8-12(18)17-14(19)13(15)9-3-2-4-10(16)5-9/h2-5,11,13H,6-8H2,1H3,(H,17,18,19). The predicted octanol–water partition coefficient (Wildman–Crippen LogP) is 2.37. The van der Waals surface area contributed by atoms with E-state index in [0.29, 0.717) is 6.42 Å². The van der Waals surface area contributed by atoms with Crippen LogP contribution in [0, 0.1) is 5.41 Å². The van der Waals surface area contributed by atoms with E-state index in [1.54, 1.807) is 7.11 Å². The van der Waals surface area contributed by atoms with Crippen LogP contribution in [0.15, 0.2) is 28.7 Å². The van der Waals surface area contributed by atoms with Gasteiger partial charge in [0.25, 0.3) is 0 Å². The van der Waals surface area contributed by atoms with Crippen molar-refractivity contribution < 1.29 is 14.3 Å². The Balaban J connectivity index is 1.97. The van der Waals surface area contributed by atoms with E-state index in [4.69, 9.17) is 4.74 Å². The summed E-state index contributed by atoms with van der Waals surface area (Å²) < 4.78 is 6.28. The summed E-state index contributed by atoms with van der Waals surface area (Å²) in [5.74, 6) is -0.631. The molecule has 1 aliphatic heterocycles.